The van der Waals surface area contributed by atoms with Crippen LogP contribution in [0, 0.1) is 5.92 Å². The van der Waals surface area contributed by atoms with Gasteiger partial charge in [-0.05, 0) is 49.3 Å². The molecule has 2 fully saturated rings. The summed E-state index contributed by atoms with van der Waals surface area (Å²) in [6.45, 7) is 0.966. The number of para-hydroxylation sites is 1. The van der Waals surface area contributed by atoms with Crippen molar-refractivity contribution in [1.82, 2.24) is 30.6 Å². The monoisotopic (exact) mass is 552 g/mol. The first-order chi connectivity index (χ1) is 18.2. The molecule has 0 saturated carbocycles. The Kier molecular flexibility index (Phi) is 9.18. The molecule has 0 bridgehead atoms. The zero-order chi connectivity index (χ0) is 27.1. The van der Waals surface area contributed by atoms with Gasteiger partial charge in [-0.1, -0.05) is 18.2 Å². The third kappa shape index (κ3) is 7.21. The maximum absolute atomic E-state index is 13.5. The van der Waals surface area contributed by atoms with Gasteiger partial charge >= 0.3 is 12.2 Å². The molecule has 0 radical (unpaired) electrons. The molecule has 1 aromatic heterocycles. The predicted octanol–water partition coefficient (Wildman–Crippen LogP) is 3.05. The molecule has 0 aliphatic carbocycles. The van der Waals surface area contributed by atoms with Gasteiger partial charge in [0, 0.05) is 44.3 Å². The zero-order valence-electron chi connectivity index (χ0n) is 20.8. The van der Waals surface area contributed by atoms with Crippen LogP contribution < -0.4 is 16.0 Å². The van der Waals surface area contributed by atoms with E-state index in [1.54, 1.807) is 35.2 Å². The number of carbonyl (C=O) groups excluding carboxylic acids is 3. The number of hydrogen-bond donors (Lipinski definition) is 3. The van der Waals surface area contributed by atoms with E-state index in [-0.39, 0.29) is 37.0 Å². The quantitative estimate of drug-likeness (QED) is 0.458. The topological polar surface area (TPSA) is 108 Å². The fourth-order valence-electron chi connectivity index (χ4n) is 4.52. The molecule has 38 heavy (non-hydrogen) atoms. The predicted molar refractivity (Wildman–Crippen MR) is 137 cm³/mol. The maximum Gasteiger partial charge on any atom is 0.435 e. The molecule has 2 aliphatic rings. The van der Waals surface area contributed by atoms with E-state index >= 15 is 0 Å². The summed E-state index contributed by atoms with van der Waals surface area (Å²) in [5, 5.41) is 11.8. The van der Waals surface area contributed by atoms with Crippen molar-refractivity contribution in [3.05, 3.63) is 47.8 Å². The first-order valence-electron chi connectivity index (χ1n) is 12.6. The Morgan fingerprint density at radius 2 is 1.63 bits per heavy atom. The molecule has 2 saturated heterocycles. The van der Waals surface area contributed by atoms with Crippen LogP contribution in [0.25, 0.3) is 5.69 Å². The van der Waals surface area contributed by atoms with Crippen LogP contribution >= 0.6 is 11.8 Å². The average Bonchev–Trinajstić information content (AvgIpc) is 3.39. The van der Waals surface area contributed by atoms with Crippen LogP contribution in [0.5, 0.6) is 0 Å². The van der Waals surface area contributed by atoms with Crippen molar-refractivity contribution in [2.75, 3.05) is 37.7 Å². The Morgan fingerprint density at radius 1 is 0.974 bits per heavy atom. The molecule has 4 rings (SSSR count). The fraction of sp³-hybridized carbons (Fsp3) is 0.520. The minimum Gasteiger partial charge on any atom is -0.353 e. The lowest BCUT2D eigenvalue weighted by molar-refractivity contribution is -0.141. The molecular formula is C25H31F3N6O3S. The van der Waals surface area contributed by atoms with Gasteiger partial charge in [-0.2, -0.15) is 30.0 Å². The minimum absolute atomic E-state index is 0.0417. The molecule has 0 spiro atoms. The van der Waals surface area contributed by atoms with E-state index in [0.717, 1.165) is 35.2 Å². The third-order valence-electron chi connectivity index (χ3n) is 6.66. The van der Waals surface area contributed by atoms with Crippen molar-refractivity contribution in [3.63, 3.8) is 0 Å². The molecule has 3 heterocycles. The van der Waals surface area contributed by atoms with Crippen molar-refractivity contribution >= 4 is 29.6 Å². The summed E-state index contributed by atoms with van der Waals surface area (Å²) in [5.41, 5.74) is -1.48. The van der Waals surface area contributed by atoms with E-state index in [9.17, 15) is 27.6 Å². The van der Waals surface area contributed by atoms with Crippen molar-refractivity contribution < 1.29 is 27.6 Å². The molecule has 0 atom stereocenters. The number of halogens is 3. The fourth-order valence-corrected chi connectivity index (χ4v) is 5.63. The second-order valence-corrected chi connectivity index (χ2v) is 10.5. The van der Waals surface area contributed by atoms with E-state index in [2.05, 4.69) is 21.0 Å². The van der Waals surface area contributed by atoms with Crippen LogP contribution in [0.3, 0.4) is 0 Å². The standard InChI is InChI=1S/C25H31F3N6O3S/c26-25(27,28)21-20(16-34(32-21)19-4-2-1-3-5-19)23(36)29-10-11-30-24(37)33-12-6-18(7-13-33)31-22(35)17-8-14-38-15-9-17/h1-5,16-18H,6-15H2,(H,29,36)(H,30,37)(H,31,35). The lowest BCUT2D eigenvalue weighted by Crippen LogP contribution is -2.51. The van der Waals surface area contributed by atoms with Gasteiger partial charge in [0.25, 0.3) is 5.91 Å². The first kappa shape index (κ1) is 27.8. The molecule has 3 N–H and O–H groups in total. The van der Waals surface area contributed by atoms with Crippen LogP contribution in [0.4, 0.5) is 18.0 Å². The van der Waals surface area contributed by atoms with E-state index in [1.165, 1.54) is 0 Å². The first-order valence-corrected chi connectivity index (χ1v) is 13.8. The maximum atomic E-state index is 13.5. The summed E-state index contributed by atoms with van der Waals surface area (Å²) in [7, 11) is 0. The number of nitrogens with zero attached hydrogens (tertiary/aromatic N) is 3. The zero-order valence-corrected chi connectivity index (χ0v) is 21.6. The number of thioether (sulfide) groups is 1. The van der Waals surface area contributed by atoms with Crippen molar-refractivity contribution in [2.24, 2.45) is 5.92 Å². The van der Waals surface area contributed by atoms with Crippen LogP contribution in [-0.4, -0.2) is 76.3 Å². The number of rotatable bonds is 7. The summed E-state index contributed by atoms with van der Waals surface area (Å²) in [4.78, 5) is 39.1. The van der Waals surface area contributed by atoms with Crippen molar-refractivity contribution in [3.8, 4) is 5.69 Å². The highest BCUT2D eigenvalue weighted by Gasteiger charge is 2.39. The van der Waals surface area contributed by atoms with Gasteiger partial charge in [-0.25, -0.2) is 9.48 Å². The molecule has 9 nitrogen and oxygen atoms in total. The van der Waals surface area contributed by atoms with Gasteiger partial charge < -0.3 is 20.9 Å². The van der Waals surface area contributed by atoms with Crippen LogP contribution in [0.1, 0.15) is 41.7 Å². The Balaban J connectivity index is 1.21. The molecule has 0 unspecified atom stereocenters. The lowest BCUT2D eigenvalue weighted by atomic mass is 9.99. The summed E-state index contributed by atoms with van der Waals surface area (Å²) in [6.07, 6.45) is -0.640. The van der Waals surface area contributed by atoms with Crippen molar-refractivity contribution in [2.45, 2.75) is 37.9 Å². The summed E-state index contributed by atoms with van der Waals surface area (Å²) in [6, 6.07) is 7.91. The molecule has 206 valence electrons. The van der Waals surface area contributed by atoms with E-state index in [4.69, 9.17) is 0 Å². The summed E-state index contributed by atoms with van der Waals surface area (Å²) < 4.78 is 41.5. The van der Waals surface area contributed by atoms with Gasteiger partial charge in [0.2, 0.25) is 5.91 Å². The van der Waals surface area contributed by atoms with Crippen molar-refractivity contribution in [1.29, 1.82) is 0 Å². The number of nitrogens with one attached hydrogen (secondary N) is 3. The number of benzene rings is 1. The van der Waals surface area contributed by atoms with E-state index in [1.807, 2.05) is 11.8 Å². The van der Waals surface area contributed by atoms with E-state index < -0.39 is 23.3 Å². The largest absolute Gasteiger partial charge is 0.435 e. The lowest BCUT2D eigenvalue weighted by Gasteiger charge is -2.33. The molecular weight excluding hydrogens is 521 g/mol. The Hall–Kier alpha value is -3.22. The molecule has 2 aromatic rings. The van der Waals surface area contributed by atoms with Crippen LogP contribution in [0.15, 0.2) is 36.5 Å². The minimum atomic E-state index is -4.80. The molecule has 4 amide bonds. The highest BCUT2D eigenvalue weighted by atomic mass is 32.2. The summed E-state index contributed by atoms with van der Waals surface area (Å²) >= 11 is 1.87. The van der Waals surface area contributed by atoms with Gasteiger partial charge in [-0.3, -0.25) is 9.59 Å². The number of alkyl halides is 3. The van der Waals surface area contributed by atoms with Gasteiger partial charge in [0.05, 0.1) is 11.3 Å². The number of aromatic nitrogens is 2. The number of piperidine rings is 1. The molecule has 13 heteroatoms. The molecule has 2 aliphatic heterocycles. The highest BCUT2D eigenvalue weighted by Crippen LogP contribution is 2.31. The van der Waals surface area contributed by atoms with Gasteiger partial charge in [0.15, 0.2) is 5.69 Å². The third-order valence-corrected chi connectivity index (χ3v) is 7.70. The number of carbonyl (C=O) groups is 3. The van der Waals surface area contributed by atoms with Gasteiger partial charge in [-0.15, -0.1) is 0 Å². The Bertz CT molecular complexity index is 1110. The van der Waals surface area contributed by atoms with E-state index in [0.29, 0.717) is 31.6 Å². The highest BCUT2D eigenvalue weighted by molar-refractivity contribution is 7.99. The Labute approximate surface area is 222 Å². The van der Waals surface area contributed by atoms with Crippen LogP contribution in [-0.2, 0) is 11.0 Å². The normalized spacial score (nSPS) is 17.2. The number of amides is 4. The number of hydrogen-bond acceptors (Lipinski definition) is 5. The van der Waals surface area contributed by atoms with Gasteiger partial charge in [0.1, 0.15) is 0 Å². The second kappa shape index (κ2) is 12.5. The SMILES string of the molecule is O=C(NCCNC(=O)N1CCC(NC(=O)C2CCSCC2)CC1)c1cn(-c2ccccc2)nc1C(F)(F)F. The molecule has 1 aromatic carbocycles. The van der Waals surface area contributed by atoms with Crippen LogP contribution in [0.2, 0.25) is 0 Å². The smallest absolute Gasteiger partial charge is 0.353 e. The number of urea groups is 1. The summed E-state index contributed by atoms with van der Waals surface area (Å²) in [5.74, 6) is 1.28. The number of likely N-dealkylation sites (tertiary alicyclic amines) is 1. The average molecular weight is 553 g/mol. The Morgan fingerprint density at radius 3 is 2.29 bits per heavy atom. The second-order valence-electron chi connectivity index (χ2n) is 9.31.